The van der Waals surface area contributed by atoms with E-state index in [4.69, 9.17) is 0 Å². The summed E-state index contributed by atoms with van der Waals surface area (Å²) in [6.07, 6.45) is 5.70. The summed E-state index contributed by atoms with van der Waals surface area (Å²) in [6.45, 7) is 6.68. The van der Waals surface area contributed by atoms with E-state index in [1.54, 1.807) is 0 Å². The minimum Gasteiger partial charge on any atom is -0.349 e. The summed E-state index contributed by atoms with van der Waals surface area (Å²) < 4.78 is 0. The van der Waals surface area contributed by atoms with Crippen LogP contribution in [0, 0.1) is 5.41 Å². The van der Waals surface area contributed by atoms with Crippen molar-refractivity contribution in [3.8, 4) is 0 Å². The van der Waals surface area contributed by atoms with E-state index >= 15 is 0 Å². The van der Waals surface area contributed by atoms with Gasteiger partial charge in [0.25, 0.3) is 5.56 Å². The highest BCUT2D eigenvalue weighted by Gasteiger charge is 2.47. The fourth-order valence-electron chi connectivity index (χ4n) is 4.18. The molecule has 138 valence electrons. The van der Waals surface area contributed by atoms with Gasteiger partial charge in [-0.1, -0.05) is 6.92 Å². The van der Waals surface area contributed by atoms with Crippen molar-refractivity contribution < 1.29 is 4.79 Å². The minimum atomic E-state index is -0.196. The molecule has 2 saturated heterocycles. The van der Waals surface area contributed by atoms with Gasteiger partial charge in [-0.05, 0) is 57.8 Å². The number of piperidine rings is 1. The summed E-state index contributed by atoms with van der Waals surface area (Å²) in [5.74, 6) is 0.0614. The van der Waals surface area contributed by atoms with Crippen LogP contribution in [0.3, 0.4) is 0 Å². The molecule has 0 radical (unpaired) electrons. The van der Waals surface area contributed by atoms with E-state index in [1.807, 2.05) is 0 Å². The highest BCUT2D eigenvalue weighted by Crippen LogP contribution is 2.43. The fraction of sp³-hybridized carbons (Fsp3) is 0.722. The number of hydrogen-bond donors (Lipinski definition) is 2. The average Bonchev–Trinajstić information content (AvgIpc) is 2.95. The van der Waals surface area contributed by atoms with E-state index in [-0.39, 0.29) is 22.9 Å². The van der Waals surface area contributed by atoms with Crippen LogP contribution >= 0.6 is 0 Å². The Morgan fingerprint density at radius 1 is 1.44 bits per heavy atom. The van der Waals surface area contributed by atoms with Crippen LogP contribution in [0.5, 0.6) is 0 Å². The third-order valence-corrected chi connectivity index (χ3v) is 5.65. The standard InChI is InChI=1S/C18H29N5O2/c1-3-6-23-12-18(4-7-22(2)8-5-18)10-15(23)17(25)19-11-14-9-16(24)21-13-20-14/h9,13,15H,3-8,10-12H2,1-2H3,(H,19,25)(H,20,21,24)/t15-/m1/s1. The summed E-state index contributed by atoms with van der Waals surface area (Å²) in [4.78, 5) is 35.5. The maximum absolute atomic E-state index is 12.8. The van der Waals surface area contributed by atoms with Crippen molar-refractivity contribution in [1.82, 2.24) is 25.1 Å². The summed E-state index contributed by atoms with van der Waals surface area (Å²) in [5.41, 5.74) is 0.676. The van der Waals surface area contributed by atoms with Gasteiger partial charge in [-0.3, -0.25) is 14.5 Å². The lowest BCUT2D eigenvalue weighted by molar-refractivity contribution is -0.125. The predicted molar refractivity (Wildman–Crippen MR) is 96.1 cm³/mol. The SMILES string of the molecule is CCCN1CC2(CCN(C)CC2)C[C@@H]1C(=O)NCc1cc(=O)[nH]cn1. The molecule has 0 aliphatic carbocycles. The van der Waals surface area contributed by atoms with Crippen molar-refractivity contribution >= 4 is 5.91 Å². The van der Waals surface area contributed by atoms with Crippen molar-refractivity contribution in [1.29, 1.82) is 0 Å². The molecule has 1 aromatic heterocycles. The maximum Gasteiger partial charge on any atom is 0.250 e. The first-order valence-electron chi connectivity index (χ1n) is 9.25. The Kier molecular flexibility index (Phi) is 5.54. The Labute approximate surface area is 148 Å². The van der Waals surface area contributed by atoms with Crippen molar-refractivity contribution in [3.05, 3.63) is 28.4 Å². The molecular formula is C18H29N5O2. The molecule has 2 fully saturated rings. The number of H-pyrrole nitrogens is 1. The van der Waals surface area contributed by atoms with Gasteiger partial charge in [0.15, 0.2) is 0 Å². The number of rotatable bonds is 5. The molecule has 3 rings (SSSR count). The number of aromatic amines is 1. The highest BCUT2D eigenvalue weighted by molar-refractivity contribution is 5.82. The molecule has 7 nitrogen and oxygen atoms in total. The van der Waals surface area contributed by atoms with Crippen LogP contribution in [0.1, 0.15) is 38.3 Å². The molecule has 1 spiro atoms. The van der Waals surface area contributed by atoms with Gasteiger partial charge in [0.1, 0.15) is 0 Å². The molecule has 1 atom stereocenters. The minimum absolute atomic E-state index is 0.0614. The second-order valence-electron chi connectivity index (χ2n) is 7.61. The molecular weight excluding hydrogens is 318 g/mol. The Bertz CT molecular complexity index is 651. The van der Waals surface area contributed by atoms with Gasteiger partial charge in [-0.2, -0.15) is 0 Å². The van der Waals surface area contributed by atoms with Crippen LogP contribution in [-0.2, 0) is 11.3 Å². The first-order chi connectivity index (χ1) is 12.0. The van der Waals surface area contributed by atoms with Crippen LogP contribution in [0.4, 0.5) is 0 Å². The molecule has 0 aromatic carbocycles. The molecule has 0 saturated carbocycles. The predicted octanol–water partition coefficient (Wildman–Crippen LogP) is 0.582. The van der Waals surface area contributed by atoms with Gasteiger partial charge in [-0.25, -0.2) is 4.98 Å². The smallest absolute Gasteiger partial charge is 0.250 e. The van der Waals surface area contributed by atoms with Crippen LogP contribution in [0.15, 0.2) is 17.2 Å². The van der Waals surface area contributed by atoms with Crippen LogP contribution in [-0.4, -0.2) is 64.9 Å². The quantitative estimate of drug-likeness (QED) is 0.814. The van der Waals surface area contributed by atoms with Gasteiger partial charge < -0.3 is 15.2 Å². The van der Waals surface area contributed by atoms with E-state index in [1.165, 1.54) is 25.2 Å². The summed E-state index contributed by atoms with van der Waals surface area (Å²) in [5, 5.41) is 2.98. The molecule has 3 heterocycles. The molecule has 2 aliphatic rings. The highest BCUT2D eigenvalue weighted by atomic mass is 16.2. The van der Waals surface area contributed by atoms with E-state index in [0.717, 1.165) is 39.0 Å². The fourth-order valence-corrected chi connectivity index (χ4v) is 4.18. The van der Waals surface area contributed by atoms with Gasteiger partial charge in [0, 0.05) is 12.6 Å². The number of likely N-dealkylation sites (tertiary alicyclic amines) is 2. The average molecular weight is 347 g/mol. The zero-order valence-corrected chi connectivity index (χ0v) is 15.3. The topological polar surface area (TPSA) is 81.3 Å². The van der Waals surface area contributed by atoms with Crippen molar-refractivity contribution in [2.75, 3.05) is 33.2 Å². The molecule has 0 bridgehead atoms. The Morgan fingerprint density at radius 3 is 2.88 bits per heavy atom. The first-order valence-corrected chi connectivity index (χ1v) is 9.25. The normalized spacial score (nSPS) is 23.8. The molecule has 2 aliphatic heterocycles. The van der Waals surface area contributed by atoms with Crippen molar-refractivity contribution in [2.45, 2.75) is 45.2 Å². The second kappa shape index (κ2) is 7.66. The number of hydrogen-bond acceptors (Lipinski definition) is 5. The third kappa shape index (κ3) is 4.27. The van der Waals surface area contributed by atoms with Crippen molar-refractivity contribution in [2.24, 2.45) is 5.41 Å². The lowest BCUT2D eigenvalue weighted by atomic mass is 9.76. The van der Waals surface area contributed by atoms with E-state index in [2.05, 4.69) is 39.1 Å². The Balaban J connectivity index is 1.64. The number of nitrogens with zero attached hydrogens (tertiary/aromatic N) is 3. The number of amides is 1. The zero-order valence-electron chi connectivity index (χ0n) is 15.3. The second-order valence-corrected chi connectivity index (χ2v) is 7.61. The van der Waals surface area contributed by atoms with Crippen LogP contribution in [0.25, 0.3) is 0 Å². The lowest BCUT2D eigenvalue weighted by Crippen LogP contribution is -2.43. The summed E-state index contributed by atoms with van der Waals surface area (Å²) in [7, 11) is 2.17. The van der Waals surface area contributed by atoms with E-state index < -0.39 is 0 Å². The van der Waals surface area contributed by atoms with E-state index in [0.29, 0.717) is 12.2 Å². The molecule has 7 heteroatoms. The Morgan fingerprint density at radius 2 is 2.20 bits per heavy atom. The maximum atomic E-state index is 12.8. The zero-order chi connectivity index (χ0) is 17.9. The lowest BCUT2D eigenvalue weighted by Gasteiger charge is -2.37. The molecule has 0 unspecified atom stereocenters. The number of carbonyl (C=O) groups is 1. The van der Waals surface area contributed by atoms with Crippen LogP contribution in [0.2, 0.25) is 0 Å². The molecule has 1 amide bonds. The summed E-state index contributed by atoms with van der Waals surface area (Å²) in [6, 6.07) is 1.36. The third-order valence-electron chi connectivity index (χ3n) is 5.65. The van der Waals surface area contributed by atoms with Gasteiger partial charge in [-0.15, -0.1) is 0 Å². The van der Waals surface area contributed by atoms with Crippen LogP contribution < -0.4 is 10.9 Å². The number of nitrogens with one attached hydrogen (secondary N) is 2. The molecule has 2 N–H and O–H groups in total. The van der Waals surface area contributed by atoms with Crippen molar-refractivity contribution in [3.63, 3.8) is 0 Å². The molecule has 1 aromatic rings. The van der Waals surface area contributed by atoms with Gasteiger partial charge in [0.05, 0.1) is 24.6 Å². The summed E-state index contributed by atoms with van der Waals surface area (Å²) >= 11 is 0. The Hall–Kier alpha value is -1.73. The monoisotopic (exact) mass is 347 g/mol. The first kappa shape index (κ1) is 18.1. The van der Waals surface area contributed by atoms with Gasteiger partial charge in [0.2, 0.25) is 5.91 Å². The van der Waals surface area contributed by atoms with E-state index in [9.17, 15) is 9.59 Å². The van der Waals surface area contributed by atoms with Gasteiger partial charge >= 0.3 is 0 Å². The number of aromatic nitrogens is 2. The molecule has 25 heavy (non-hydrogen) atoms. The largest absolute Gasteiger partial charge is 0.349 e. The number of carbonyl (C=O) groups excluding carboxylic acids is 1.